The van der Waals surface area contributed by atoms with Crippen molar-refractivity contribution in [1.82, 2.24) is 10.6 Å². The molecule has 2 aromatic carbocycles. The maximum atomic E-state index is 12.2. The Balaban J connectivity index is 0.00000243. The number of para-hydroxylation sites is 1. The van der Waals surface area contributed by atoms with Crippen LogP contribution in [0.1, 0.15) is 24.9 Å². The molecule has 6 heteroatoms. The molecule has 2 N–H and O–H groups in total. The van der Waals surface area contributed by atoms with Gasteiger partial charge in [0.15, 0.2) is 0 Å². The molecule has 1 saturated heterocycles. The predicted octanol–water partition coefficient (Wildman–Crippen LogP) is 4.17. The monoisotopic (exact) mass is 392 g/mol. The van der Waals surface area contributed by atoms with Gasteiger partial charge in [0.2, 0.25) is 5.91 Å². The molecule has 0 bridgehead atoms. The van der Waals surface area contributed by atoms with Crippen molar-refractivity contribution in [3.05, 3.63) is 60.2 Å². The molecule has 0 spiro atoms. The number of thioether (sulfide) groups is 1. The smallest absolute Gasteiger partial charge is 0.222 e. The fraction of sp³-hybridized carbons (Fsp3) is 0.350. The molecular weight excluding hydrogens is 368 g/mol. The summed E-state index contributed by atoms with van der Waals surface area (Å²) in [5, 5.41) is 6.48. The second-order valence-electron chi connectivity index (χ2n) is 6.20. The number of rotatable bonds is 6. The number of hydrogen-bond acceptors (Lipinski definition) is 4. The van der Waals surface area contributed by atoms with Crippen molar-refractivity contribution in [1.29, 1.82) is 0 Å². The van der Waals surface area contributed by atoms with E-state index in [9.17, 15) is 4.79 Å². The van der Waals surface area contributed by atoms with Crippen molar-refractivity contribution in [2.75, 3.05) is 18.1 Å². The number of carbonyl (C=O) groups excluding carboxylic acids is 1. The van der Waals surface area contributed by atoms with Gasteiger partial charge in [-0.2, -0.15) is 11.8 Å². The first-order chi connectivity index (χ1) is 12.2. The average molecular weight is 393 g/mol. The molecule has 26 heavy (non-hydrogen) atoms. The number of benzene rings is 2. The highest BCUT2D eigenvalue weighted by Crippen LogP contribution is 2.23. The third-order valence-corrected chi connectivity index (χ3v) is 5.30. The second kappa shape index (κ2) is 10.5. The number of amides is 1. The van der Waals surface area contributed by atoms with Gasteiger partial charge in [-0.1, -0.05) is 30.3 Å². The van der Waals surface area contributed by atoms with Gasteiger partial charge in [0, 0.05) is 30.5 Å². The number of nitrogens with one attached hydrogen (secondary N) is 2. The van der Waals surface area contributed by atoms with Crippen molar-refractivity contribution >= 4 is 30.1 Å². The minimum Gasteiger partial charge on any atom is -0.457 e. The standard InChI is InChI=1S/C20H24N2O2S.ClH/c1-15(22-20(23)13-17-14-25-12-11-21-17)16-7-9-19(10-8-16)24-18-5-3-2-4-6-18;/h2-10,15,17,21H,11-14H2,1H3,(H,22,23);1H. The SMILES string of the molecule is CC(NC(=O)CC1CSCCN1)c1ccc(Oc2ccccc2)cc1.Cl. The Morgan fingerprint density at radius 2 is 1.88 bits per heavy atom. The quantitative estimate of drug-likeness (QED) is 0.774. The van der Waals surface area contributed by atoms with E-state index in [1.165, 1.54) is 0 Å². The molecule has 4 nitrogen and oxygen atoms in total. The van der Waals surface area contributed by atoms with Crippen molar-refractivity contribution < 1.29 is 9.53 Å². The van der Waals surface area contributed by atoms with Gasteiger partial charge in [0.25, 0.3) is 0 Å². The maximum absolute atomic E-state index is 12.2. The molecule has 1 fully saturated rings. The van der Waals surface area contributed by atoms with Gasteiger partial charge < -0.3 is 15.4 Å². The zero-order valence-corrected chi connectivity index (χ0v) is 16.4. The van der Waals surface area contributed by atoms with Crippen LogP contribution in [0.2, 0.25) is 0 Å². The summed E-state index contributed by atoms with van der Waals surface area (Å²) in [6.07, 6.45) is 0.534. The van der Waals surface area contributed by atoms with Crippen molar-refractivity contribution in [3.63, 3.8) is 0 Å². The van der Waals surface area contributed by atoms with Crippen molar-refractivity contribution in [2.24, 2.45) is 0 Å². The van der Waals surface area contributed by atoms with E-state index in [-0.39, 0.29) is 30.4 Å². The highest BCUT2D eigenvalue weighted by Gasteiger charge is 2.18. The highest BCUT2D eigenvalue weighted by atomic mass is 35.5. The molecule has 1 aliphatic rings. The average Bonchev–Trinajstić information content (AvgIpc) is 2.64. The van der Waals surface area contributed by atoms with Gasteiger partial charge in [0.1, 0.15) is 11.5 Å². The molecule has 0 aliphatic carbocycles. The Morgan fingerprint density at radius 1 is 1.19 bits per heavy atom. The van der Waals surface area contributed by atoms with Gasteiger partial charge in [0.05, 0.1) is 6.04 Å². The minimum absolute atomic E-state index is 0. The number of carbonyl (C=O) groups is 1. The first-order valence-corrected chi connectivity index (χ1v) is 9.79. The Morgan fingerprint density at radius 3 is 2.54 bits per heavy atom. The van der Waals surface area contributed by atoms with Crippen LogP contribution in [0.4, 0.5) is 0 Å². The summed E-state index contributed by atoms with van der Waals surface area (Å²) in [6.45, 7) is 3.00. The van der Waals surface area contributed by atoms with Gasteiger partial charge in [-0.25, -0.2) is 0 Å². The van der Waals surface area contributed by atoms with E-state index >= 15 is 0 Å². The largest absolute Gasteiger partial charge is 0.457 e. The fourth-order valence-electron chi connectivity index (χ4n) is 2.81. The molecule has 0 radical (unpaired) electrons. The lowest BCUT2D eigenvalue weighted by Crippen LogP contribution is -2.41. The van der Waals surface area contributed by atoms with Gasteiger partial charge in [-0.05, 0) is 36.8 Å². The molecular formula is C20H25ClN2O2S. The van der Waals surface area contributed by atoms with Crippen LogP contribution in [0.5, 0.6) is 11.5 Å². The summed E-state index contributed by atoms with van der Waals surface area (Å²) in [5.41, 5.74) is 1.07. The van der Waals surface area contributed by atoms with Gasteiger partial charge in [-0.15, -0.1) is 12.4 Å². The van der Waals surface area contributed by atoms with Crippen LogP contribution >= 0.6 is 24.2 Å². The van der Waals surface area contributed by atoms with Crippen molar-refractivity contribution in [3.8, 4) is 11.5 Å². The summed E-state index contributed by atoms with van der Waals surface area (Å²) < 4.78 is 5.80. The van der Waals surface area contributed by atoms with E-state index in [0.29, 0.717) is 6.42 Å². The predicted molar refractivity (Wildman–Crippen MR) is 110 cm³/mol. The highest BCUT2D eigenvalue weighted by molar-refractivity contribution is 7.99. The summed E-state index contributed by atoms with van der Waals surface area (Å²) in [6, 6.07) is 17.8. The Hall–Kier alpha value is -1.69. The zero-order valence-electron chi connectivity index (χ0n) is 14.8. The van der Waals surface area contributed by atoms with Crippen LogP contribution in [0, 0.1) is 0 Å². The van der Waals surface area contributed by atoms with E-state index in [1.807, 2.05) is 73.3 Å². The lowest BCUT2D eigenvalue weighted by molar-refractivity contribution is -0.122. The molecule has 1 amide bonds. The number of hydrogen-bond donors (Lipinski definition) is 2. The molecule has 0 aromatic heterocycles. The first kappa shape index (κ1) is 20.6. The van der Waals surface area contributed by atoms with E-state index < -0.39 is 0 Å². The Labute approximate surface area is 165 Å². The number of halogens is 1. The topological polar surface area (TPSA) is 50.4 Å². The second-order valence-corrected chi connectivity index (χ2v) is 7.35. The van der Waals surface area contributed by atoms with Crippen LogP contribution in [0.15, 0.2) is 54.6 Å². The van der Waals surface area contributed by atoms with Crippen LogP contribution < -0.4 is 15.4 Å². The number of ether oxygens (including phenoxy) is 1. The summed E-state index contributed by atoms with van der Waals surface area (Å²) in [5.74, 6) is 3.84. The molecule has 1 aliphatic heterocycles. The third kappa shape index (κ3) is 6.24. The van der Waals surface area contributed by atoms with Crippen molar-refractivity contribution in [2.45, 2.75) is 25.4 Å². The van der Waals surface area contributed by atoms with Crippen LogP contribution in [-0.2, 0) is 4.79 Å². The Bertz CT molecular complexity index is 676. The zero-order chi connectivity index (χ0) is 17.5. The normalized spacial score (nSPS) is 17.7. The molecule has 140 valence electrons. The molecule has 2 unspecified atom stereocenters. The third-order valence-electron chi connectivity index (χ3n) is 4.17. The molecule has 2 atom stereocenters. The van der Waals surface area contributed by atoms with E-state index in [2.05, 4.69) is 10.6 Å². The fourth-order valence-corrected chi connectivity index (χ4v) is 3.76. The van der Waals surface area contributed by atoms with Gasteiger partial charge >= 0.3 is 0 Å². The van der Waals surface area contributed by atoms with Gasteiger partial charge in [-0.3, -0.25) is 4.79 Å². The lowest BCUT2D eigenvalue weighted by Gasteiger charge is -2.23. The molecule has 1 heterocycles. The van der Waals surface area contributed by atoms with E-state index in [1.54, 1.807) is 0 Å². The summed E-state index contributed by atoms with van der Waals surface area (Å²) in [7, 11) is 0. The molecule has 0 saturated carbocycles. The lowest BCUT2D eigenvalue weighted by atomic mass is 10.1. The maximum Gasteiger partial charge on any atom is 0.222 e. The minimum atomic E-state index is -0.0190. The van der Waals surface area contributed by atoms with E-state index in [4.69, 9.17) is 4.74 Å². The Kier molecular flexibility index (Phi) is 8.29. The van der Waals surface area contributed by atoms with Crippen LogP contribution in [0.3, 0.4) is 0 Å². The van der Waals surface area contributed by atoms with Crippen LogP contribution in [0.25, 0.3) is 0 Å². The summed E-state index contributed by atoms with van der Waals surface area (Å²) in [4.78, 5) is 12.2. The van der Waals surface area contributed by atoms with Crippen LogP contribution in [-0.4, -0.2) is 30.0 Å². The first-order valence-electron chi connectivity index (χ1n) is 8.64. The van der Waals surface area contributed by atoms with E-state index in [0.717, 1.165) is 35.1 Å². The molecule has 3 rings (SSSR count). The summed E-state index contributed by atoms with van der Waals surface area (Å²) >= 11 is 1.91. The molecule has 2 aromatic rings.